The van der Waals surface area contributed by atoms with Crippen molar-refractivity contribution in [3.8, 4) is 5.75 Å². The number of benzene rings is 1. The van der Waals surface area contributed by atoms with Gasteiger partial charge in [-0.15, -0.1) is 0 Å². The number of phosphoric ester groups is 3. The van der Waals surface area contributed by atoms with Crippen molar-refractivity contribution in [3.63, 3.8) is 0 Å². The molecule has 5 unspecified atom stereocenters. The van der Waals surface area contributed by atoms with Crippen LogP contribution in [0.15, 0.2) is 36.9 Å². The molecule has 1 fully saturated rings. The van der Waals surface area contributed by atoms with Gasteiger partial charge in [0.1, 0.15) is 42.0 Å². The van der Waals surface area contributed by atoms with E-state index in [1.165, 1.54) is 32.0 Å². The molecule has 1 aliphatic heterocycles. The molecule has 7 atom stereocenters. The zero-order valence-electron chi connectivity index (χ0n) is 31.4. The Kier molecular flexibility index (Phi) is 16.6. The minimum atomic E-state index is -5.60. The van der Waals surface area contributed by atoms with E-state index in [4.69, 9.17) is 19.5 Å². The summed E-state index contributed by atoms with van der Waals surface area (Å²) >= 11 is 0.797. The third kappa shape index (κ3) is 13.9. The summed E-state index contributed by atoms with van der Waals surface area (Å²) in [5, 5.41) is 35.5. The number of thioether (sulfide) groups is 1. The number of phenols is 1. The fraction of sp³-hybridized carbons (Fsp3) is 0.500. The molecule has 0 spiro atoms. The molecule has 332 valence electrons. The van der Waals surface area contributed by atoms with Crippen LogP contribution < -0.4 is 16.4 Å². The van der Waals surface area contributed by atoms with E-state index >= 15 is 0 Å². The third-order valence-electron chi connectivity index (χ3n) is 8.27. The van der Waals surface area contributed by atoms with E-state index < -0.39 is 102 Å². The lowest BCUT2D eigenvalue weighted by Gasteiger charge is -2.30. The molecular formula is C30H42N7O19P3S. The maximum atomic E-state index is 12.7. The predicted octanol–water partition coefficient (Wildman–Crippen LogP) is -0.357. The first-order valence-corrected chi connectivity index (χ1v) is 22.8. The van der Waals surface area contributed by atoms with Crippen molar-refractivity contribution in [2.45, 2.75) is 57.3 Å². The van der Waals surface area contributed by atoms with Crippen molar-refractivity contribution >= 4 is 74.9 Å². The molecule has 0 radical (unpaired) electrons. The Morgan fingerprint density at radius 3 is 2.38 bits per heavy atom. The molecule has 2 aromatic heterocycles. The van der Waals surface area contributed by atoms with Crippen molar-refractivity contribution in [3.05, 3.63) is 42.5 Å². The fourth-order valence-electron chi connectivity index (χ4n) is 5.28. The first-order valence-electron chi connectivity index (χ1n) is 17.3. The Bertz CT molecular complexity index is 2190. The number of ketones is 1. The Labute approximate surface area is 343 Å². The highest BCUT2D eigenvalue weighted by atomic mass is 32.2. The number of rotatable bonds is 22. The van der Waals surface area contributed by atoms with Crippen LogP contribution in [-0.2, 0) is 50.7 Å². The van der Waals surface area contributed by atoms with E-state index in [-0.39, 0.29) is 53.6 Å². The van der Waals surface area contributed by atoms with Gasteiger partial charge in [-0.25, -0.2) is 28.6 Å². The molecule has 1 aromatic carbocycles. The van der Waals surface area contributed by atoms with Gasteiger partial charge in [-0.2, -0.15) is 4.31 Å². The molecule has 0 aliphatic carbocycles. The van der Waals surface area contributed by atoms with Crippen LogP contribution >= 0.6 is 35.2 Å². The predicted molar refractivity (Wildman–Crippen MR) is 204 cm³/mol. The number of imidazole rings is 1. The molecule has 60 heavy (non-hydrogen) atoms. The molecule has 11 N–H and O–H groups in total. The fourth-order valence-corrected chi connectivity index (χ4v) is 8.78. The minimum absolute atomic E-state index is 0.0108. The molecule has 3 heterocycles. The minimum Gasteiger partial charge on any atom is -0.507 e. The zero-order chi connectivity index (χ0) is 44.6. The normalized spacial score (nSPS) is 20.9. The number of nitrogens with zero attached hydrogens (tertiary/aromatic N) is 4. The van der Waals surface area contributed by atoms with Crippen LogP contribution in [0.3, 0.4) is 0 Å². The summed E-state index contributed by atoms with van der Waals surface area (Å²) in [6, 6.07) is 5.77. The molecule has 0 saturated carbocycles. The number of ether oxygens (including phenoxy) is 1. The van der Waals surface area contributed by atoms with Gasteiger partial charge >= 0.3 is 23.5 Å². The van der Waals surface area contributed by atoms with Crippen LogP contribution in [0.25, 0.3) is 11.2 Å². The van der Waals surface area contributed by atoms with Crippen molar-refractivity contribution in [1.82, 2.24) is 30.2 Å². The molecule has 0 bridgehead atoms. The smallest absolute Gasteiger partial charge is 0.481 e. The highest BCUT2D eigenvalue weighted by Gasteiger charge is 2.50. The van der Waals surface area contributed by atoms with Crippen molar-refractivity contribution in [2.24, 2.45) is 5.41 Å². The van der Waals surface area contributed by atoms with E-state index in [2.05, 4.69) is 34.4 Å². The Balaban J connectivity index is 1.20. The number of fused-ring (bicyclic) bond motifs is 1. The molecule has 3 aromatic rings. The highest BCUT2D eigenvalue weighted by Crippen LogP contribution is 2.61. The largest absolute Gasteiger partial charge is 0.507 e. The third-order valence-corrected chi connectivity index (χ3v) is 12.2. The lowest BCUT2D eigenvalue weighted by Crippen LogP contribution is -2.46. The Hall–Kier alpha value is -3.75. The zero-order valence-corrected chi connectivity index (χ0v) is 34.9. The number of phosphoric acid groups is 3. The number of amides is 2. The summed E-state index contributed by atoms with van der Waals surface area (Å²) in [5.41, 5.74) is 4.20. The molecule has 1 aliphatic rings. The van der Waals surface area contributed by atoms with Crippen LogP contribution in [-0.4, -0.2) is 134 Å². The summed E-state index contributed by atoms with van der Waals surface area (Å²) in [7, 11) is -16.5. The highest BCUT2D eigenvalue weighted by molar-refractivity contribution is 8.13. The number of aliphatic hydroxyl groups is 2. The van der Waals surface area contributed by atoms with E-state index in [1.807, 2.05) is 0 Å². The molecule has 2 amide bonds. The number of nitrogens with one attached hydrogen (secondary N) is 2. The number of nitrogens with two attached hydrogens (primary N) is 1. The average molecular weight is 930 g/mol. The van der Waals surface area contributed by atoms with Crippen LogP contribution in [0.4, 0.5) is 5.82 Å². The van der Waals surface area contributed by atoms with Crippen LogP contribution in [0, 0.1) is 5.41 Å². The van der Waals surface area contributed by atoms with Gasteiger partial charge in [0.15, 0.2) is 28.6 Å². The number of Topliss-reactive ketones (excluding diaryl/α,β-unsaturated/α-hetero) is 1. The second-order valence-corrected chi connectivity index (χ2v) is 18.8. The quantitative estimate of drug-likeness (QED) is 0.0266. The Morgan fingerprint density at radius 2 is 1.70 bits per heavy atom. The topological polar surface area (TPSA) is 401 Å². The van der Waals surface area contributed by atoms with Crippen molar-refractivity contribution in [1.29, 1.82) is 0 Å². The summed E-state index contributed by atoms with van der Waals surface area (Å²) in [5.74, 6) is -2.30. The van der Waals surface area contributed by atoms with Gasteiger partial charge in [0, 0.05) is 30.7 Å². The standard InChI is InChI=1S/C30H42N7O19P3S/c1-30(2,25(43)28(44)33-8-7-20(40)32-9-10-60-21(41)11-18(39)16-5-3-4-6-17(16)38)13-53-59(50,51)56-58(48,49)52-12-19-24(55-57(45,46)47)23(42)29(54-19)37-15-36-22-26(31)34-14-35-27(22)37/h3-6,14-15,19,23-25,29,38,42-43H,7-13H2,1-2H3,(H,32,40)(H,33,44)(H,48,49)(H,50,51)(H2,31,34,35)(H2,45,46,47)/t19?,23?,24?,25-,29-/m0/s1. The van der Waals surface area contributed by atoms with Crippen LogP contribution in [0.1, 0.15) is 43.3 Å². The van der Waals surface area contributed by atoms with Gasteiger partial charge in [0.05, 0.1) is 31.5 Å². The van der Waals surface area contributed by atoms with Crippen LogP contribution in [0.2, 0.25) is 0 Å². The first-order chi connectivity index (χ1) is 27.9. The van der Waals surface area contributed by atoms with Gasteiger partial charge < -0.3 is 56.0 Å². The number of aromatic hydroxyl groups is 1. The van der Waals surface area contributed by atoms with Gasteiger partial charge in [-0.3, -0.25) is 37.3 Å². The maximum absolute atomic E-state index is 12.7. The number of aromatic nitrogens is 4. The Morgan fingerprint density at radius 1 is 1.02 bits per heavy atom. The number of anilines is 1. The summed E-state index contributed by atoms with van der Waals surface area (Å²) in [4.78, 5) is 100. The van der Waals surface area contributed by atoms with E-state index in [0.717, 1.165) is 29.0 Å². The first kappa shape index (κ1) is 48.9. The van der Waals surface area contributed by atoms with E-state index in [9.17, 15) is 67.8 Å². The summed E-state index contributed by atoms with van der Waals surface area (Å²) < 4.78 is 62.1. The second kappa shape index (κ2) is 20.4. The van der Waals surface area contributed by atoms with E-state index in [0.29, 0.717) is 0 Å². The molecular weight excluding hydrogens is 887 g/mol. The number of carbonyl (C=O) groups is 4. The SMILES string of the molecule is CC(C)(COP(=O)(O)OP(=O)(O)OCC1O[C@H](n2cnc3c(N)ncnc32)C(O)C1OP(=O)(O)O)[C@@H](O)C(=O)NCCC(=O)NCCSC(=O)CC(=O)c1ccccc1O. The summed E-state index contributed by atoms with van der Waals surface area (Å²) in [6.45, 7) is 0.138. The van der Waals surface area contributed by atoms with Crippen molar-refractivity contribution in [2.75, 3.05) is 37.8 Å². The monoisotopic (exact) mass is 929 g/mol. The molecule has 30 heteroatoms. The number of carbonyl (C=O) groups excluding carboxylic acids is 4. The lowest BCUT2D eigenvalue weighted by atomic mass is 9.87. The number of aliphatic hydroxyl groups excluding tert-OH is 2. The van der Waals surface area contributed by atoms with Gasteiger partial charge in [-0.1, -0.05) is 37.7 Å². The number of para-hydroxylation sites is 1. The number of hydrogen-bond donors (Lipinski definition) is 10. The maximum Gasteiger partial charge on any atom is 0.481 e. The van der Waals surface area contributed by atoms with E-state index in [1.54, 1.807) is 6.07 Å². The molecule has 4 rings (SSSR count). The van der Waals surface area contributed by atoms with Crippen molar-refractivity contribution < 1.29 is 90.4 Å². The number of nitrogen functional groups attached to an aromatic ring is 1. The number of hydrogen-bond acceptors (Lipinski definition) is 20. The van der Waals surface area contributed by atoms with Gasteiger partial charge in [-0.05, 0) is 12.1 Å². The second-order valence-electron chi connectivity index (χ2n) is 13.4. The summed E-state index contributed by atoms with van der Waals surface area (Å²) in [6.07, 6.45) is -7.60. The number of phenolic OH excluding ortho intramolecular Hbond substituents is 1. The lowest BCUT2D eigenvalue weighted by molar-refractivity contribution is -0.137. The molecule has 26 nitrogen and oxygen atoms in total. The van der Waals surface area contributed by atoms with Crippen LogP contribution in [0.5, 0.6) is 5.75 Å². The van der Waals surface area contributed by atoms with Gasteiger partial charge in [0.25, 0.3) is 0 Å². The average Bonchev–Trinajstić information content (AvgIpc) is 3.71. The molecule has 1 saturated heterocycles. The van der Waals surface area contributed by atoms with Gasteiger partial charge in [0.2, 0.25) is 11.8 Å².